The lowest BCUT2D eigenvalue weighted by atomic mass is 10.1. The molecule has 1 N–H and O–H groups in total. The lowest BCUT2D eigenvalue weighted by Crippen LogP contribution is -2.14. The van der Waals surface area contributed by atoms with E-state index in [-0.39, 0.29) is 17.1 Å². The fraction of sp³-hybridized carbons (Fsp3) is 0. The molecule has 116 valence electrons. The van der Waals surface area contributed by atoms with Crippen molar-refractivity contribution in [3.05, 3.63) is 71.2 Å². The lowest BCUT2D eigenvalue weighted by molar-refractivity contribution is 0.102. The number of nitrogens with one attached hydrogen (secondary N) is 1. The standard InChI is InChI=1S/C16H9ClF2N2O2/c17-10-3-1-2-9(6-10)15-14(20-8-23-15)16(22)21-13-5-4-11(18)7-12(13)19/h1-8H,(H,21,22). The Morgan fingerprint density at radius 1 is 1.17 bits per heavy atom. The van der Waals surface area contributed by atoms with E-state index in [1.165, 1.54) is 0 Å². The van der Waals surface area contributed by atoms with Crippen LogP contribution in [0.4, 0.5) is 14.5 Å². The van der Waals surface area contributed by atoms with Gasteiger partial charge in [0.2, 0.25) is 0 Å². The quantitative estimate of drug-likeness (QED) is 0.766. The van der Waals surface area contributed by atoms with Gasteiger partial charge in [-0.05, 0) is 24.3 Å². The molecule has 3 rings (SSSR count). The molecule has 0 aliphatic heterocycles. The number of anilines is 1. The average molecular weight is 335 g/mol. The van der Waals surface area contributed by atoms with Crippen LogP contribution >= 0.6 is 11.6 Å². The molecule has 1 heterocycles. The van der Waals surface area contributed by atoms with E-state index in [1.807, 2.05) is 0 Å². The van der Waals surface area contributed by atoms with E-state index >= 15 is 0 Å². The van der Waals surface area contributed by atoms with Crippen LogP contribution in [0.1, 0.15) is 10.5 Å². The number of carbonyl (C=O) groups is 1. The first-order chi connectivity index (χ1) is 11.0. The van der Waals surface area contributed by atoms with E-state index in [2.05, 4.69) is 10.3 Å². The molecule has 0 bridgehead atoms. The number of rotatable bonds is 3. The first kappa shape index (κ1) is 15.2. The Bertz CT molecular complexity index is 880. The number of benzene rings is 2. The minimum atomic E-state index is -0.883. The maximum absolute atomic E-state index is 13.6. The smallest absolute Gasteiger partial charge is 0.278 e. The number of halogens is 3. The molecule has 0 saturated carbocycles. The Kier molecular flexibility index (Phi) is 4.08. The van der Waals surface area contributed by atoms with Crippen molar-refractivity contribution < 1.29 is 18.0 Å². The van der Waals surface area contributed by atoms with Crippen LogP contribution in [0.5, 0.6) is 0 Å². The van der Waals surface area contributed by atoms with Crippen molar-refractivity contribution in [1.29, 1.82) is 0 Å². The van der Waals surface area contributed by atoms with Crippen molar-refractivity contribution >= 4 is 23.2 Å². The van der Waals surface area contributed by atoms with E-state index in [0.29, 0.717) is 16.7 Å². The molecule has 0 unspecified atom stereocenters. The number of hydrogen-bond donors (Lipinski definition) is 1. The second-order valence-corrected chi connectivity index (χ2v) is 5.06. The zero-order valence-electron chi connectivity index (χ0n) is 11.5. The van der Waals surface area contributed by atoms with Crippen LogP contribution in [0.15, 0.2) is 53.3 Å². The maximum Gasteiger partial charge on any atom is 0.278 e. The molecule has 0 aliphatic carbocycles. The molecular weight excluding hydrogens is 326 g/mol. The molecule has 23 heavy (non-hydrogen) atoms. The van der Waals surface area contributed by atoms with Crippen molar-refractivity contribution in [3.63, 3.8) is 0 Å². The third kappa shape index (κ3) is 3.22. The van der Waals surface area contributed by atoms with Crippen LogP contribution in [0, 0.1) is 11.6 Å². The summed E-state index contributed by atoms with van der Waals surface area (Å²) < 4.78 is 31.7. The Balaban J connectivity index is 1.91. The molecular formula is C16H9ClF2N2O2. The summed E-state index contributed by atoms with van der Waals surface area (Å²) in [5, 5.41) is 2.80. The maximum atomic E-state index is 13.6. The van der Waals surface area contributed by atoms with Crippen molar-refractivity contribution in [2.75, 3.05) is 5.32 Å². The largest absolute Gasteiger partial charge is 0.443 e. The Morgan fingerprint density at radius 3 is 2.74 bits per heavy atom. The second kappa shape index (κ2) is 6.18. The molecule has 0 spiro atoms. The zero-order chi connectivity index (χ0) is 16.4. The van der Waals surface area contributed by atoms with Gasteiger partial charge in [0.1, 0.15) is 11.6 Å². The van der Waals surface area contributed by atoms with E-state index in [9.17, 15) is 13.6 Å². The highest BCUT2D eigenvalue weighted by Crippen LogP contribution is 2.26. The normalized spacial score (nSPS) is 10.6. The predicted molar refractivity (Wildman–Crippen MR) is 81.3 cm³/mol. The van der Waals surface area contributed by atoms with Crippen LogP contribution in [-0.2, 0) is 0 Å². The third-order valence-electron chi connectivity index (χ3n) is 3.05. The number of amides is 1. The summed E-state index contributed by atoms with van der Waals surface area (Å²) in [5.41, 5.74) is 0.368. The van der Waals surface area contributed by atoms with Crippen LogP contribution < -0.4 is 5.32 Å². The lowest BCUT2D eigenvalue weighted by Gasteiger charge is -2.06. The number of aromatic nitrogens is 1. The van der Waals surface area contributed by atoms with Crippen molar-refractivity contribution in [1.82, 2.24) is 4.98 Å². The van der Waals surface area contributed by atoms with E-state index < -0.39 is 17.5 Å². The molecule has 1 aromatic heterocycles. The van der Waals surface area contributed by atoms with Crippen molar-refractivity contribution in [2.24, 2.45) is 0 Å². The molecule has 2 aromatic carbocycles. The Morgan fingerprint density at radius 2 is 2.00 bits per heavy atom. The van der Waals surface area contributed by atoms with Gasteiger partial charge in [0.15, 0.2) is 17.8 Å². The highest BCUT2D eigenvalue weighted by atomic mass is 35.5. The van der Waals surface area contributed by atoms with Crippen molar-refractivity contribution in [2.45, 2.75) is 0 Å². The van der Waals surface area contributed by atoms with Gasteiger partial charge in [-0.1, -0.05) is 23.7 Å². The minimum Gasteiger partial charge on any atom is -0.443 e. The monoisotopic (exact) mass is 334 g/mol. The first-order valence-electron chi connectivity index (χ1n) is 6.50. The highest BCUT2D eigenvalue weighted by molar-refractivity contribution is 6.30. The Labute approximate surface area is 134 Å². The molecule has 0 saturated heterocycles. The second-order valence-electron chi connectivity index (χ2n) is 4.62. The van der Waals surface area contributed by atoms with Gasteiger partial charge in [0, 0.05) is 16.7 Å². The van der Waals surface area contributed by atoms with Crippen LogP contribution in [0.25, 0.3) is 11.3 Å². The van der Waals surface area contributed by atoms with Gasteiger partial charge in [-0.15, -0.1) is 0 Å². The number of carbonyl (C=O) groups excluding carboxylic acids is 1. The fourth-order valence-corrected chi connectivity index (χ4v) is 2.21. The van der Waals surface area contributed by atoms with Crippen LogP contribution in [0.2, 0.25) is 5.02 Å². The summed E-state index contributed by atoms with van der Waals surface area (Å²) in [6.45, 7) is 0. The first-order valence-corrected chi connectivity index (χ1v) is 6.88. The van der Waals surface area contributed by atoms with Crippen molar-refractivity contribution in [3.8, 4) is 11.3 Å². The number of oxazole rings is 1. The molecule has 0 atom stereocenters. The molecule has 7 heteroatoms. The molecule has 1 amide bonds. The predicted octanol–water partition coefficient (Wildman–Crippen LogP) is 4.53. The topological polar surface area (TPSA) is 55.1 Å². The summed E-state index contributed by atoms with van der Waals surface area (Å²) in [4.78, 5) is 16.1. The summed E-state index contributed by atoms with van der Waals surface area (Å²) in [6.07, 6.45) is 1.10. The van der Waals surface area contributed by atoms with Crippen LogP contribution in [0.3, 0.4) is 0 Å². The summed E-state index contributed by atoms with van der Waals surface area (Å²) >= 11 is 5.91. The average Bonchev–Trinajstić information content (AvgIpc) is 2.99. The van der Waals surface area contributed by atoms with E-state index in [1.54, 1.807) is 24.3 Å². The third-order valence-corrected chi connectivity index (χ3v) is 3.28. The molecule has 0 radical (unpaired) electrons. The molecule has 0 fully saturated rings. The highest BCUT2D eigenvalue weighted by Gasteiger charge is 2.19. The molecule has 3 aromatic rings. The van der Waals surface area contributed by atoms with Gasteiger partial charge in [0.05, 0.1) is 5.69 Å². The van der Waals surface area contributed by atoms with Crippen LogP contribution in [-0.4, -0.2) is 10.9 Å². The van der Waals surface area contributed by atoms with Gasteiger partial charge >= 0.3 is 0 Å². The van der Waals surface area contributed by atoms with E-state index in [4.69, 9.17) is 16.0 Å². The van der Waals surface area contributed by atoms with Gasteiger partial charge < -0.3 is 9.73 Å². The number of nitrogens with zero attached hydrogens (tertiary/aromatic N) is 1. The van der Waals surface area contributed by atoms with Gasteiger partial charge in [-0.3, -0.25) is 4.79 Å². The minimum absolute atomic E-state index is 0.0315. The molecule has 4 nitrogen and oxygen atoms in total. The summed E-state index contributed by atoms with van der Waals surface area (Å²) in [7, 11) is 0. The summed E-state index contributed by atoms with van der Waals surface area (Å²) in [6, 6.07) is 9.52. The van der Waals surface area contributed by atoms with E-state index in [0.717, 1.165) is 18.5 Å². The zero-order valence-corrected chi connectivity index (χ0v) is 12.3. The number of hydrogen-bond acceptors (Lipinski definition) is 3. The summed E-state index contributed by atoms with van der Waals surface area (Å²) in [5.74, 6) is -2.10. The van der Waals surface area contributed by atoms with Gasteiger partial charge in [-0.2, -0.15) is 0 Å². The van der Waals surface area contributed by atoms with Gasteiger partial charge in [-0.25, -0.2) is 13.8 Å². The van der Waals surface area contributed by atoms with Gasteiger partial charge in [0.25, 0.3) is 5.91 Å². The SMILES string of the molecule is O=C(Nc1ccc(F)cc1F)c1ncoc1-c1cccc(Cl)c1. The fourth-order valence-electron chi connectivity index (χ4n) is 2.01. The Hall–Kier alpha value is -2.73. The molecule has 0 aliphatic rings.